The van der Waals surface area contributed by atoms with E-state index in [2.05, 4.69) is 46.9 Å². The standard InChI is InChI=1S/C22H25BrN2O3/c1-24(2)10-11-25(3)12-13-27-18-8-9-19-21(14-18)28-15-20(22(19)26)16-4-6-17(23)7-5-16/h4-9,14-15H,10-13H2,1-3H3. The van der Waals surface area contributed by atoms with Crippen LogP contribution in [-0.2, 0) is 0 Å². The number of rotatable bonds is 8. The van der Waals surface area contributed by atoms with Crippen molar-refractivity contribution in [1.29, 1.82) is 0 Å². The minimum Gasteiger partial charge on any atom is -0.492 e. The van der Waals surface area contributed by atoms with Gasteiger partial charge in [0.15, 0.2) is 5.43 Å². The van der Waals surface area contributed by atoms with Gasteiger partial charge in [-0.3, -0.25) is 4.79 Å². The Labute approximate surface area is 173 Å². The number of likely N-dealkylation sites (N-methyl/N-ethyl adjacent to an activating group) is 2. The Morgan fingerprint density at radius 2 is 1.75 bits per heavy atom. The van der Waals surface area contributed by atoms with E-state index in [1.54, 1.807) is 12.1 Å². The molecule has 0 aliphatic rings. The fraction of sp³-hybridized carbons (Fsp3) is 0.318. The lowest BCUT2D eigenvalue weighted by Crippen LogP contribution is -2.31. The van der Waals surface area contributed by atoms with Crippen LogP contribution in [0.1, 0.15) is 0 Å². The van der Waals surface area contributed by atoms with Crippen LogP contribution < -0.4 is 10.2 Å². The number of hydrogen-bond donors (Lipinski definition) is 0. The summed E-state index contributed by atoms with van der Waals surface area (Å²) in [6.45, 7) is 3.41. The van der Waals surface area contributed by atoms with Gasteiger partial charge < -0.3 is 19.0 Å². The van der Waals surface area contributed by atoms with Gasteiger partial charge in [-0.05, 0) is 51.0 Å². The van der Waals surface area contributed by atoms with Crippen molar-refractivity contribution in [3.8, 4) is 16.9 Å². The van der Waals surface area contributed by atoms with Gasteiger partial charge in [0.1, 0.15) is 24.2 Å². The largest absolute Gasteiger partial charge is 0.492 e. The van der Waals surface area contributed by atoms with Crippen molar-refractivity contribution in [3.05, 3.63) is 63.4 Å². The molecular weight excluding hydrogens is 420 g/mol. The Hall–Kier alpha value is -2.15. The summed E-state index contributed by atoms with van der Waals surface area (Å²) in [4.78, 5) is 17.2. The average molecular weight is 445 g/mol. The monoisotopic (exact) mass is 444 g/mol. The van der Waals surface area contributed by atoms with Crippen LogP contribution in [0, 0.1) is 0 Å². The first kappa shape index (κ1) is 20.6. The summed E-state index contributed by atoms with van der Waals surface area (Å²) < 4.78 is 12.5. The number of ether oxygens (including phenoxy) is 1. The van der Waals surface area contributed by atoms with E-state index in [-0.39, 0.29) is 5.43 Å². The second-order valence-electron chi connectivity index (χ2n) is 7.10. The van der Waals surface area contributed by atoms with E-state index in [4.69, 9.17) is 9.15 Å². The van der Waals surface area contributed by atoms with E-state index in [1.165, 1.54) is 6.26 Å². The SMILES string of the molecule is CN(C)CCN(C)CCOc1ccc2c(=O)c(-c3ccc(Br)cc3)coc2c1. The third kappa shape index (κ3) is 5.22. The Balaban J connectivity index is 1.70. The zero-order valence-electron chi connectivity index (χ0n) is 16.4. The molecule has 0 aliphatic heterocycles. The maximum atomic E-state index is 12.8. The van der Waals surface area contributed by atoms with Crippen molar-refractivity contribution in [2.45, 2.75) is 0 Å². The molecule has 0 N–H and O–H groups in total. The van der Waals surface area contributed by atoms with Crippen LogP contribution in [0.15, 0.2) is 62.4 Å². The molecule has 1 aromatic heterocycles. The van der Waals surface area contributed by atoms with E-state index >= 15 is 0 Å². The quantitative estimate of drug-likeness (QED) is 0.523. The Kier molecular flexibility index (Phi) is 6.88. The predicted molar refractivity (Wildman–Crippen MR) is 117 cm³/mol. The second kappa shape index (κ2) is 9.37. The third-order valence-corrected chi connectivity index (χ3v) is 5.10. The average Bonchev–Trinajstić information content (AvgIpc) is 2.67. The Morgan fingerprint density at radius 1 is 1.00 bits per heavy atom. The highest BCUT2D eigenvalue weighted by Crippen LogP contribution is 2.24. The van der Waals surface area contributed by atoms with Crippen LogP contribution in [0.5, 0.6) is 5.75 Å². The zero-order valence-corrected chi connectivity index (χ0v) is 18.0. The summed E-state index contributed by atoms with van der Waals surface area (Å²) in [6.07, 6.45) is 1.52. The van der Waals surface area contributed by atoms with Crippen molar-refractivity contribution < 1.29 is 9.15 Å². The number of nitrogens with zero attached hydrogens (tertiary/aromatic N) is 2. The lowest BCUT2D eigenvalue weighted by Gasteiger charge is -2.19. The van der Waals surface area contributed by atoms with Crippen molar-refractivity contribution in [2.75, 3.05) is 47.4 Å². The van der Waals surface area contributed by atoms with Crippen LogP contribution in [0.4, 0.5) is 0 Å². The molecule has 0 saturated carbocycles. The van der Waals surface area contributed by atoms with Crippen molar-refractivity contribution in [2.24, 2.45) is 0 Å². The summed E-state index contributed by atoms with van der Waals surface area (Å²) >= 11 is 3.41. The predicted octanol–water partition coefficient (Wildman–Crippen LogP) is 4.09. The van der Waals surface area contributed by atoms with Crippen LogP contribution >= 0.6 is 15.9 Å². The summed E-state index contributed by atoms with van der Waals surface area (Å²) in [7, 11) is 6.21. The highest BCUT2D eigenvalue weighted by Gasteiger charge is 2.10. The van der Waals surface area contributed by atoms with E-state index in [1.807, 2.05) is 30.3 Å². The molecule has 0 aliphatic carbocycles. The molecule has 2 aromatic carbocycles. The van der Waals surface area contributed by atoms with Crippen molar-refractivity contribution in [3.63, 3.8) is 0 Å². The molecule has 0 fully saturated rings. The van der Waals surface area contributed by atoms with Gasteiger partial charge in [0, 0.05) is 30.2 Å². The molecule has 28 heavy (non-hydrogen) atoms. The first-order chi connectivity index (χ1) is 13.4. The molecule has 148 valence electrons. The topological polar surface area (TPSA) is 45.9 Å². The highest BCUT2D eigenvalue weighted by molar-refractivity contribution is 9.10. The van der Waals surface area contributed by atoms with Crippen LogP contribution in [0.3, 0.4) is 0 Å². The Morgan fingerprint density at radius 3 is 2.46 bits per heavy atom. The van der Waals surface area contributed by atoms with Crippen LogP contribution in [0.25, 0.3) is 22.1 Å². The molecule has 0 saturated heterocycles. The van der Waals surface area contributed by atoms with E-state index in [9.17, 15) is 4.79 Å². The molecule has 0 radical (unpaired) electrons. The molecule has 0 spiro atoms. The molecule has 0 bridgehead atoms. The van der Waals surface area contributed by atoms with Gasteiger partial charge in [-0.25, -0.2) is 0 Å². The van der Waals surface area contributed by atoms with Gasteiger partial charge in [0.05, 0.1) is 10.9 Å². The van der Waals surface area contributed by atoms with Gasteiger partial charge >= 0.3 is 0 Å². The van der Waals surface area contributed by atoms with Gasteiger partial charge in [0.25, 0.3) is 0 Å². The summed E-state index contributed by atoms with van der Waals surface area (Å²) in [5, 5.41) is 0.552. The fourth-order valence-corrected chi connectivity index (χ4v) is 3.09. The molecule has 3 aromatic rings. The lowest BCUT2D eigenvalue weighted by atomic mass is 10.1. The summed E-state index contributed by atoms with van der Waals surface area (Å²) in [6, 6.07) is 13.0. The first-order valence-corrected chi connectivity index (χ1v) is 10.0. The first-order valence-electron chi connectivity index (χ1n) is 9.21. The third-order valence-electron chi connectivity index (χ3n) is 4.57. The highest BCUT2D eigenvalue weighted by atomic mass is 79.9. The van der Waals surface area contributed by atoms with Gasteiger partial charge in [-0.15, -0.1) is 0 Å². The summed E-state index contributed by atoms with van der Waals surface area (Å²) in [5.41, 5.74) is 1.87. The van der Waals surface area contributed by atoms with Crippen molar-refractivity contribution >= 4 is 26.9 Å². The van der Waals surface area contributed by atoms with Crippen LogP contribution in [0.2, 0.25) is 0 Å². The lowest BCUT2D eigenvalue weighted by molar-refractivity contribution is 0.222. The molecule has 5 nitrogen and oxygen atoms in total. The molecule has 1 heterocycles. The fourth-order valence-electron chi connectivity index (χ4n) is 2.83. The second-order valence-corrected chi connectivity index (χ2v) is 8.01. The van der Waals surface area contributed by atoms with E-state index in [0.29, 0.717) is 28.9 Å². The normalized spacial score (nSPS) is 11.5. The summed E-state index contributed by atoms with van der Waals surface area (Å²) in [5.74, 6) is 0.702. The minimum absolute atomic E-state index is 0.0430. The van der Waals surface area contributed by atoms with Crippen LogP contribution in [-0.4, -0.2) is 57.2 Å². The number of halogens is 1. The molecule has 3 rings (SSSR count). The minimum atomic E-state index is -0.0430. The number of benzene rings is 2. The zero-order chi connectivity index (χ0) is 20.1. The smallest absolute Gasteiger partial charge is 0.200 e. The van der Waals surface area contributed by atoms with Gasteiger partial charge in [-0.2, -0.15) is 0 Å². The number of hydrogen-bond acceptors (Lipinski definition) is 5. The molecular formula is C22H25BrN2O3. The molecule has 6 heteroatoms. The molecule has 0 atom stereocenters. The van der Waals surface area contributed by atoms with Gasteiger partial charge in [-0.1, -0.05) is 28.1 Å². The maximum absolute atomic E-state index is 12.8. The number of fused-ring (bicyclic) bond motifs is 1. The van der Waals surface area contributed by atoms with E-state index in [0.717, 1.165) is 29.7 Å². The molecule has 0 unspecified atom stereocenters. The van der Waals surface area contributed by atoms with Gasteiger partial charge in [0.2, 0.25) is 0 Å². The Bertz CT molecular complexity index is 983. The molecule has 0 amide bonds. The van der Waals surface area contributed by atoms with E-state index < -0.39 is 0 Å². The van der Waals surface area contributed by atoms with Crippen molar-refractivity contribution in [1.82, 2.24) is 9.80 Å². The maximum Gasteiger partial charge on any atom is 0.200 e.